The van der Waals surface area contributed by atoms with Gasteiger partial charge < -0.3 is 10.1 Å². The van der Waals surface area contributed by atoms with E-state index in [1.54, 1.807) is 6.92 Å². The summed E-state index contributed by atoms with van der Waals surface area (Å²) in [5.41, 5.74) is 1.02. The summed E-state index contributed by atoms with van der Waals surface area (Å²) in [4.78, 5) is 37.6. The molecule has 7 nitrogen and oxygen atoms in total. The molecule has 1 aromatic carbocycles. The Morgan fingerprint density at radius 2 is 1.84 bits per heavy atom. The molecule has 0 radical (unpaired) electrons. The summed E-state index contributed by atoms with van der Waals surface area (Å²) < 4.78 is 5.58. The third-order valence-electron chi connectivity index (χ3n) is 7.46. The molecule has 7 heteroatoms. The maximum Gasteiger partial charge on any atom is 0.312 e. The van der Waals surface area contributed by atoms with Crippen molar-refractivity contribution in [3.05, 3.63) is 35.9 Å². The number of nitrogens with one attached hydrogen (secondary N) is 1. The summed E-state index contributed by atoms with van der Waals surface area (Å²) in [5.74, 6) is 0.263. The molecular formula is C24H29N3O4. The van der Waals surface area contributed by atoms with Crippen LogP contribution in [0.15, 0.2) is 35.4 Å². The van der Waals surface area contributed by atoms with Gasteiger partial charge in [-0.25, -0.2) is 5.01 Å². The fourth-order valence-corrected chi connectivity index (χ4v) is 6.85. The highest BCUT2D eigenvalue weighted by molar-refractivity contribution is 6.02. The Morgan fingerprint density at radius 1 is 1.13 bits per heavy atom. The van der Waals surface area contributed by atoms with Gasteiger partial charge in [0.25, 0.3) is 5.91 Å². The van der Waals surface area contributed by atoms with Crippen molar-refractivity contribution in [2.75, 3.05) is 13.2 Å². The van der Waals surface area contributed by atoms with E-state index in [1.165, 1.54) is 5.01 Å². The molecular weight excluding hydrogens is 394 g/mol. The molecule has 4 bridgehead atoms. The van der Waals surface area contributed by atoms with Crippen molar-refractivity contribution in [3.8, 4) is 0 Å². The van der Waals surface area contributed by atoms with Gasteiger partial charge >= 0.3 is 5.97 Å². The van der Waals surface area contributed by atoms with E-state index in [-0.39, 0.29) is 29.9 Å². The van der Waals surface area contributed by atoms with Crippen LogP contribution in [0, 0.1) is 17.3 Å². The largest absolute Gasteiger partial charge is 0.455 e. The van der Waals surface area contributed by atoms with Gasteiger partial charge in [-0.2, -0.15) is 5.10 Å². The van der Waals surface area contributed by atoms with Crippen molar-refractivity contribution >= 4 is 23.5 Å². The lowest BCUT2D eigenvalue weighted by atomic mass is 9.47. The monoisotopic (exact) mass is 423 g/mol. The second-order valence-electron chi connectivity index (χ2n) is 9.96. The molecule has 2 atom stereocenters. The van der Waals surface area contributed by atoms with Crippen LogP contribution < -0.4 is 5.32 Å². The van der Waals surface area contributed by atoms with E-state index in [4.69, 9.17) is 4.74 Å². The Morgan fingerprint density at radius 3 is 2.52 bits per heavy atom. The molecule has 1 aliphatic heterocycles. The number of rotatable bonds is 5. The normalized spacial score (nSPS) is 33.2. The van der Waals surface area contributed by atoms with Gasteiger partial charge in [0, 0.05) is 18.9 Å². The zero-order valence-corrected chi connectivity index (χ0v) is 17.9. The number of hydrazone groups is 1. The fourth-order valence-electron chi connectivity index (χ4n) is 6.85. The van der Waals surface area contributed by atoms with Gasteiger partial charge in [-0.3, -0.25) is 14.4 Å². The first-order valence-corrected chi connectivity index (χ1v) is 11.3. The van der Waals surface area contributed by atoms with Crippen LogP contribution in [0.3, 0.4) is 0 Å². The zero-order valence-electron chi connectivity index (χ0n) is 17.9. The summed E-state index contributed by atoms with van der Waals surface area (Å²) in [6.45, 7) is 1.76. The molecule has 2 amide bonds. The van der Waals surface area contributed by atoms with Crippen LogP contribution in [0.4, 0.5) is 0 Å². The minimum atomic E-state index is -0.573. The molecule has 6 rings (SSSR count). The number of hydrogen-bond donors (Lipinski definition) is 1. The number of esters is 1. The number of nitrogens with zero attached hydrogens (tertiary/aromatic N) is 2. The lowest BCUT2D eigenvalue weighted by molar-refractivity contribution is -0.178. The maximum absolute atomic E-state index is 13.2. The third kappa shape index (κ3) is 3.75. The van der Waals surface area contributed by atoms with Gasteiger partial charge in [-0.05, 0) is 55.9 Å². The summed E-state index contributed by atoms with van der Waals surface area (Å²) >= 11 is 0. The number of amides is 2. The van der Waals surface area contributed by atoms with E-state index in [0.717, 1.165) is 43.4 Å². The van der Waals surface area contributed by atoms with E-state index in [2.05, 4.69) is 10.4 Å². The Bertz CT molecular complexity index is 927. The fraction of sp³-hybridized carbons (Fsp3) is 0.583. The van der Waals surface area contributed by atoms with E-state index < -0.39 is 5.41 Å². The van der Waals surface area contributed by atoms with Crippen LogP contribution in [-0.4, -0.2) is 47.2 Å². The maximum atomic E-state index is 13.2. The standard InChI is InChI=1S/C24H29N3O4/c1-16(28)25-24-12-17-9-18(13-24)11-23(10-17,15-24)22(30)31-14-21(29)27-8-7-20(26-27)19-5-3-2-4-6-19/h2-6,17-18H,7-15H2,1H3,(H,25,28). The Balaban J connectivity index is 1.23. The predicted molar refractivity (Wildman–Crippen MR) is 114 cm³/mol. The highest BCUT2D eigenvalue weighted by Gasteiger charge is 2.61. The van der Waals surface area contributed by atoms with Crippen LogP contribution >= 0.6 is 0 Å². The average Bonchev–Trinajstić information content (AvgIpc) is 3.21. The topological polar surface area (TPSA) is 88.1 Å². The first-order valence-electron chi connectivity index (χ1n) is 11.3. The summed E-state index contributed by atoms with van der Waals surface area (Å²) in [6, 6.07) is 9.80. The molecule has 4 saturated carbocycles. The van der Waals surface area contributed by atoms with Crippen molar-refractivity contribution in [1.82, 2.24) is 10.3 Å². The van der Waals surface area contributed by atoms with E-state index in [9.17, 15) is 14.4 Å². The molecule has 5 aliphatic rings. The highest BCUT2D eigenvalue weighted by atomic mass is 16.5. The summed E-state index contributed by atoms with van der Waals surface area (Å²) in [7, 11) is 0. The molecule has 0 aromatic heterocycles. The minimum absolute atomic E-state index is 0.0400. The van der Waals surface area contributed by atoms with Gasteiger partial charge in [0.2, 0.25) is 5.91 Å². The van der Waals surface area contributed by atoms with Crippen LogP contribution in [0.25, 0.3) is 0 Å². The van der Waals surface area contributed by atoms with Gasteiger partial charge in [0.05, 0.1) is 17.7 Å². The summed E-state index contributed by atoms with van der Waals surface area (Å²) in [5, 5.41) is 9.00. The SMILES string of the molecule is CC(=O)NC12CC3CC(C1)CC(C(=O)OCC(=O)N1CCC(c4ccccc4)=N1)(C3)C2. The first kappa shape index (κ1) is 20.2. The molecule has 0 saturated heterocycles. The van der Waals surface area contributed by atoms with E-state index in [0.29, 0.717) is 31.2 Å². The van der Waals surface area contributed by atoms with Crippen molar-refractivity contribution in [2.24, 2.45) is 22.4 Å². The lowest BCUT2D eigenvalue weighted by Crippen LogP contribution is -2.64. The number of carbonyl (C=O) groups is 3. The van der Waals surface area contributed by atoms with E-state index >= 15 is 0 Å². The average molecular weight is 424 g/mol. The first-order chi connectivity index (χ1) is 14.9. The van der Waals surface area contributed by atoms with Crippen LogP contribution in [0.1, 0.15) is 57.4 Å². The van der Waals surface area contributed by atoms with Crippen molar-refractivity contribution in [1.29, 1.82) is 0 Å². The van der Waals surface area contributed by atoms with E-state index in [1.807, 2.05) is 30.3 Å². The lowest BCUT2D eigenvalue weighted by Gasteiger charge is -2.60. The molecule has 1 heterocycles. The molecule has 0 spiro atoms. The molecule has 4 fully saturated rings. The molecule has 164 valence electrons. The Kier molecular flexibility index (Phi) is 4.87. The minimum Gasteiger partial charge on any atom is -0.455 e. The molecule has 2 unspecified atom stereocenters. The molecule has 1 aromatic rings. The van der Waals surface area contributed by atoms with Crippen molar-refractivity contribution in [2.45, 2.75) is 57.4 Å². The van der Waals surface area contributed by atoms with Crippen LogP contribution in [0.2, 0.25) is 0 Å². The predicted octanol–water partition coefficient (Wildman–Crippen LogP) is 2.64. The van der Waals surface area contributed by atoms with Crippen LogP contribution in [0.5, 0.6) is 0 Å². The van der Waals surface area contributed by atoms with Crippen molar-refractivity contribution in [3.63, 3.8) is 0 Å². The number of ether oxygens (including phenoxy) is 1. The number of benzene rings is 1. The third-order valence-corrected chi connectivity index (χ3v) is 7.46. The Hall–Kier alpha value is -2.70. The number of carbonyl (C=O) groups excluding carboxylic acids is 3. The smallest absolute Gasteiger partial charge is 0.312 e. The second-order valence-corrected chi connectivity index (χ2v) is 9.96. The van der Waals surface area contributed by atoms with Gasteiger partial charge in [-0.1, -0.05) is 30.3 Å². The van der Waals surface area contributed by atoms with Crippen molar-refractivity contribution < 1.29 is 19.1 Å². The second kappa shape index (κ2) is 7.46. The van der Waals surface area contributed by atoms with Gasteiger partial charge in [0.1, 0.15) is 0 Å². The number of hydrogen-bond acceptors (Lipinski definition) is 5. The van der Waals surface area contributed by atoms with Gasteiger partial charge in [0.15, 0.2) is 6.61 Å². The summed E-state index contributed by atoms with van der Waals surface area (Å²) in [6.07, 6.45) is 5.94. The molecule has 1 N–H and O–H groups in total. The quantitative estimate of drug-likeness (QED) is 0.738. The zero-order chi connectivity index (χ0) is 21.6. The highest BCUT2D eigenvalue weighted by Crippen LogP contribution is 2.62. The molecule has 31 heavy (non-hydrogen) atoms. The van der Waals surface area contributed by atoms with Gasteiger partial charge in [-0.15, -0.1) is 0 Å². The van der Waals surface area contributed by atoms with Crippen LogP contribution in [-0.2, 0) is 19.1 Å². The Labute approximate surface area is 182 Å². The molecule has 4 aliphatic carbocycles.